The van der Waals surface area contributed by atoms with Gasteiger partial charge < -0.3 is 9.47 Å². The first-order chi connectivity index (χ1) is 11.5. The summed E-state index contributed by atoms with van der Waals surface area (Å²) in [6.07, 6.45) is 0. The number of benzene rings is 2. The molecule has 7 heteroatoms. The molecule has 0 saturated heterocycles. The summed E-state index contributed by atoms with van der Waals surface area (Å²) in [5.74, 6) is -1.55. The number of alkyl halides is 2. The Hall–Kier alpha value is -1.47. The predicted octanol–water partition coefficient (Wildman–Crippen LogP) is 5.00. The molecule has 0 atom stereocenters. The lowest BCUT2D eigenvalue weighted by molar-refractivity contribution is 0.103. The van der Waals surface area contributed by atoms with Crippen LogP contribution >= 0.6 is 31.9 Å². The second-order valence-electron chi connectivity index (χ2n) is 4.89. The monoisotopic (exact) mass is 462 g/mol. The largest absolute Gasteiger partial charge is 0.497 e. The first kappa shape index (κ1) is 18.9. The van der Waals surface area contributed by atoms with Gasteiger partial charge in [0.1, 0.15) is 23.1 Å². The number of ketones is 1. The molecule has 0 heterocycles. The lowest BCUT2D eigenvalue weighted by atomic mass is 9.98. The molecule has 128 valence electrons. The highest BCUT2D eigenvalue weighted by Gasteiger charge is 2.23. The van der Waals surface area contributed by atoms with E-state index in [-0.39, 0.29) is 32.9 Å². The maximum absolute atomic E-state index is 14.6. The zero-order valence-electron chi connectivity index (χ0n) is 13.0. The lowest BCUT2D eigenvalue weighted by Crippen LogP contribution is -2.10. The quantitative estimate of drug-likeness (QED) is 0.446. The van der Waals surface area contributed by atoms with Gasteiger partial charge in [0.15, 0.2) is 5.78 Å². The van der Waals surface area contributed by atoms with E-state index in [0.717, 1.165) is 0 Å². The van der Waals surface area contributed by atoms with Crippen LogP contribution in [0.5, 0.6) is 11.5 Å². The van der Waals surface area contributed by atoms with Crippen LogP contribution in [-0.4, -0.2) is 20.0 Å². The number of carbonyl (C=O) groups excluding carboxylic acids is 1. The number of hydrogen-bond donors (Lipinski definition) is 0. The molecule has 2 aromatic rings. The molecule has 0 fully saturated rings. The maximum atomic E-state index is 14.6. The predicted molar refractivity (Wildman–Crippen MR) is 94.6 cm³/mol. The van der Waals surface area contributed by atoms with Crippen molar-refractivity contribution in [3.8, 4) is 11.5 Å². The van der Waals surface area contributed by atoms with Gasteiger partial charge in [0.2, 0.25) is 0 Å². The molecule has 0 N–H and O–H groups in total. The summed E-state index contributed by atoms with van der Waals surface area (Å²) >= 11 is 6.33. The van der Waals surface area contributed by atoms with Crippen LogP contribution < -0.4 is 9.47 Å². The first-order valence-electron chi connectivity index (χ1n) is 6.86. The van der Waals surface area contributed by atoms with Crippen LogP contribution in [-0.2, 0) is 10.7 Å². The zero-order chi connectivity index (χ0) is 17.9. The number of ether oxygens (including phenoxy) is 2. The van der Waals surface area contributed by atoms with Crippen LogP contribution in [0.15, 0.2) is 24.3 Å². The van der Waals surface area contributed by atoms with E-state index in [1.807, 2.05) is 0 Å². The lowest BCUT2D eigenvalue weighted by Gasteiger charge is -2.12. The number of rotatable bonds is 6. The van der Waals surface area contributed by atoms with Crippen molar-refractivity contribution in [2.45, 2.75) is 10.7 Å². The second-order valence-corrected chi connectivity index (χ2v) is 6.01. The van der Waals surface area contributed by atoms with Gasteiger partial charge in [-0.15, -0.1) is 0 Å². The van der Waals surface area contributed by atoms with Crippen LogP contribution in [0.2, 0.25) is 0 Å². The van der Waals surface area contributed by atoms with Crippen molar-refractivity contribution in [2.75, 3.05) is 14.2 Å². The van der Waals surface area contributed by atoms with Gasteiger partial charge in [-0.3, -0.25) is 4.79 Å². The zero-order valence-corrected chi connectivity index (χ0v) is 16.1. The van der Waals surface area contributed by atoms with E-state index < -0.39 is 17.4 Å². The average Bonchev–Trinajstić information content (AvgIpc) is 2.61. The smallest absolute Gasteiger partial charge is 0.199 e. The SMILES string of the molecule is COc1cc(CBr)c(F)c(C(=O)c2cc(OC)cc(CBr)c2F)c1. The molecule has 0 unspecified atom stereocenters. The van der Waals surface area contributed by atoms with Gasteiger partial charge >= 0.3 is 0 Å². The van der Waals surface area contributed by atoms with Crippen molar-refractivity contribution in [1.29, 1.82) is 0 Å². The molecule has 0 aliphatic heterocycles. The first-order valence-corrected chi connectivity index (χ1v) is 9.10. The molecule has 0 aliphatic rings. The molecular weight excluding hydrogens is 450 g/mol. The molecule has 3 nitrogen and oxygen atoms in total. The Bertz CT molecular complexity index is 715. The van der Waals surface area contributed by atoms with E-state index in [4.69, 9.17) is 9.47 Å². The number of hydrogen-bond acceptors (Lipinski definition) is 3. The highest BCUT2D eigenvalue weighted by atomic mass is 79.9. The van der Waals surface area contributed by atoms with Gasteiger partial charge in [-0.2, -0.15) is 0 Å². The van der Waals surface area contributed by atoms with Gasteiger partial charge in [-0.25, -0.2) is 8.78 Å². The summed E-state index contributed by atoms with van der Waals surface area (Å²) in [6, 6.07) is 5.48. The van der Waals surface area contributed by atoms with Gasteiger partial charge in [-0.05, 0) is 24.3 Å². The summed E-state index contributed by atoms with van der Waals surface area (Å²) in [7, 11) is 2.82. The minimum atomic E-state index is -0.771. The van der Waals surface area contributed by atoms with E-state index in [9.17, 15) is 13.6 Å². The van der Waals surface area contributed by atoms with Gasteiger partial charge in [0.05, 0.1) is 25.3 Å². The fraction of sp³-hybridized carbons (Fsp3) is 0.235. The van der Waals surface area contributed by atoms with Gasteiger partial charge in [-0.1, -0.05) is 31.9 Å². The maximum Gasteiger partial charge on any atom is 0.199 e. The Morgan fingerprint density at radius 1 is 0.875 bits per heavy atom. The second kappa shape index (κ2) is 8.07. The third-order valence-electron chi connectivity index (χ3n) is 3.49. The summed E-state index contributed by atoms with van der Waals surface area (Å²) in [6.45, 7) is 0. The fourth-order valence-corrected chi connectivity index (χ4v) is 3.03. The normalized spacial score (nSPS) is 10.6. The van der Waals surface area contributed by atoms with Gasteiger partial charge in [0.25, 0.3) is 0 Å². The Kier molecular flexibility index (Phi) is 6.34. The Morgan fingerprint density at radius 2 is 1.25 bits per heavy atom. The van der Waals surface area contributed by atoms with Crippen LogP contribution in [0, 0.1) is 11.6 Å². The summed E-state index contributed by atoms with van der Waals surface area (Å²) in [4.78, 5) is 12.7. The van der Waals surface area contributed by atoms with Crippen molar-refractivity contribution < 1.29 is 23.0 Å². The van der Waals surface area contributed by atoms with Crippen molar-refractivity contribution >= 4 is 37.6 Å². The molecule has 24 heavy (non-hydrogen) atoms. The Labute approximate surface area is 155 Å². The third kappa shape index (κ3) is 3.62. The topological polar surface area (TPSA) is 35.5 Å². The molecule has 0 aliphatic carbocycles. The fourth-order valence-electron chi connectivity index (χ4n) is 2.22. The van der Waals surface area contributed by atoms with Crippen LogP contribution in [0.3, 0.4) is 0 Å². The van der Waals surface area contributed by atoms with Crippen molar-refractivity contribution in [1.82, 2.24) is 0 Å². The highest BCUT2D eigenvalue weighted by molar-refractivity contribution is 9.08. The van der Waals surface area contributed by atoms with Crippen molar-refractivity contribution in [3.05, 3.63) is 58.2 Å². The molecule has 0 saturated carbocycles. The van der Waals surface area contributed by atoms with E-state index in [1.54, 1.807) is 0 Å². The third-order valence-corrected chi connectivity index (χ3v) is 4.70. The minimum Gasteiger partial charge on any atom is -0.497 e. The standard InChI is InChI=1S/C17H14Br2F2O3/c1-23-11-3-9(7-18)15(20)13(5-11)17(22)14-6-12(24-2)4-10(8-19)16(14)21/h3-6H,7-8H2,1-2H3. The Balaban J connectivity index is 2.65. The average molecular weight is 464 g/mol. The molecule has 0 amide bonds. The molecule has 0 bridgehead atoms. The van der Waals surface area contributed by atoms with Gasteiger partial charge in [0, 0.05) is 21.8 Å². The van der Waals surface area contributed by atoms with E-state index in [2.05, 4.69) is 31.9 Å². The number of methoxy groups -OCH3 is 2. The van der Waals surface area contributed by atoms with Crippen molar-refractivity contribution in [2.24, 2.45) is 0 Å². The van der Waals surface area contributed by atoms with Crippen LogP contribution in [0.1, 0.15) is 27.0 Å². The minimum absolute atomic E-state index is 0.198. The number of halogens is 4. The molecule has 0 aromatic heterocycles. The molecule has 0 radical (unpaired) electrons. The van der Waals surface area contributed by atoms with E-state index >= 15 is 0 Å². The molecular formula is C17H14Br2F2O3. The van der Waals surface area contributed by atoms with Crippen LogP contribution in [0.4, 0.5) is 8.78 Å². The highest BCUT2D eigenvalue weighted by Crippen LogP contribution is 2.29. The summed E-state index contributed by atoms with van der Waals surface area (Å²) < 4.78 is 39.3. The molecule has 2 aromatic carbocycles. The van der Waals surface area contributed by atoms with Crippen molar-refractivity contribution in [3.63, 3.8) is 0 Å². The van der Waals surface area contributed by atoms with Crippen LogP contribution in [0.25, 0.3) is 0 Å². The molecule has 2 rings (SSSR count). The summed E-state index contributed by atoms with van der Waals surface area (Å²) in [5.41, 5.74) is -0.00334. The van der Waals surface area contributed by atoms with E-state index in [1.165, 1.54) is 38.5 Å². The number of carbonyl (C=O) groups is 1. The molecule has 0 spiro atoms. The Morgan fingerprint density at radius 3 is 1.54 bits per heavy atom. The van der Waals surface area contributed by atoms with E-state index in [0.29, 0.717) is 11.5 Å². The summed E-state index contributed by atoms with van der Waals surface area (Å²) in [5, 5.41) is 0.396.